The van der Waals surface area contributed by atoms with Gasteiger partial charge in [-0.15, -0.1) is 0 Å². The van der Waals surface area contributed by atoms with Gasteiger partial charge in [-0.1, -0.05) is 36.4 Å². The highest BCUT2D eigenvalue weighted by molar-refractivity contribution is 6.00. The van der Waals surface area contributed by atoms with E-state index in [0.717, 1.165) is 22.2 Å². The highest BCUT2D eigenvalue weighted by Gasteiger charge is 2.27. The summed E-state index contributed by atoms with van der Waals surface area (Å²) in [6.45, 7) is 0.307. The molecule has 0 fully saturated rings. The quantitative estimate of drug-likeness (QED) is 0.375. The summed E-state index contributed by atoms with van der Waals surface area (Å²) in [6, 6.07) is 24.4. The maximum absolute atomic E-state index is 12.7. The summed E-state index contributed by atoms with van der Waals surface area (Å²) < 4.78 is 16.9. The van der Waals surface area contributed by atoms with Crippen molar-refractivity contribution in [3.05, 3.63) is 101 Å². The van der Waals surface area contributed by atoms with Gasteiger partial charge in [0.25, 0.3) is 0 Å². The largest absolute Gasteiger partial charge is 0.489 e. The molecule has 1 aliphatic heterocycles. The highest BCUT2D eigenvalue weighted by atomic mass is 16.5. The van der Waals surface area contributed by atoms with E-state index >= 15 is 0 Å². The van der Waals surface area contributed by atoms with Crippen molar-refractivity contribution in [2.45, 2.75) is 25.6 Å². The van der Waals surface area contributed by atoms with Crippen molar-refractivity contribution in [1.29, 1.82) is 0 Å². The molecule has 0 amide bonds. The minimum absolute atomic E-state index is 0.0260. The van der Waals surface area contributed by atoms with Crippen LogP contribution in [0.1, 0.15) is 38.4 Å². The summed E-state index contributed by atoms with van der Waals surface area (Å²) in [5.74, 6) is 0.748. The van der Waals surface area contributed by atoms with E-state index in [1.165, 1.54) is 7.11 Å². The third-order valence-corrected chi connectivity index (χ3v) is 5.81. The molecule has 0 bridgehead atoms. The number of hydrogen-bond acceptors (Lipinski definition) is 6. The molecule has 34 heavy (non-hydrogen) atoms. The lowest BCUT2D eigenvalue weighted by molar-refractivity contribution is 0.0600. The average molecular weight is 453 g/mol. The summed E-state index contributed by atoms with van der Waals surface area (Å²) in [4.78, 5) is 29.2. The van der Waals surface area contributed by atoms with Crippen LogP contribution in [0.15, 0.2) is 78.9 Å². The normalized spacial score (nSPS) is 14.9. The van der Waals surface area contributed by atoms with Crippen LogP contribution in [0.3, 0.4) is 0 Å². The topological polar surface area (TPSA) is 74.7 Å². The second-order valence-electron chi connectivity index (χ2n) is 8.21. The Morgan fingerprint density at radius 1 is 1.03 bits per heavy atom. The molecule has 0 radical (unpaired) electrons. The number of carbonyl (C=O) groups is 2. The van der Waals surface area contributed by atoms with Crippen LogP contribution in [0.2, 0.25) is 0 Å². The van der Waals surface area contributed by atoms with E-state index in [0.29, 0.717) is 35.7 Å². The average Bonchev–Trinajstić information content (AvgIpc) is 2.87. The number of rotatable bonds is 6. The number of para-hydroxylation sites is 1. The first-order valence-electron chi connectivity index (χ1n) is 11.1. The van der Waals surface area contributed by atoms with E-state index < -0.39 is 5.97 Å². The van der Waals surface area contributed by atoms with E-state index in [9.17, 15) is 9.59 Å². The standard InChI is InChI=1S/C28H23NO5/c1-32-28(31)20-7-4-5-18(13-20)14-23-15-26(30)24-12-11-22(16-27(24)34-23)33-17-21-10-9-19-6-2-3-8-25(19)29-21/h2-13,16,23H,14-15,17H2,1H3. The molecule has 1 aliphatic rings. The Hall–Kier alpha value is -4.19. The molecule has 0 saturated heterocycles. The van der Waals surface area contributed by atoms with E-state index in [1.54, 1.807) is 36.4 Å². The van der Waals surface area contributed by atoms with E-state index in [4.69, 9.17) is 14.2 Å². The van der Waals surface area contributed by atoms with Crippen LogP contribution in [0.25, 0.3) is 10.9 Å². The maximum atomic E-state index is 12.7. The van der Waals surface area contributed by atoms with Gasteiger partial charge in [0.1, 0.15) is 24.2 Å². The molecule has 6 heteroatoms. The van der Waals surface area contributed by atoms with Crippen molar-refractivity contribution in [1.82, 2.24) is 4.98 Å². The van der Waals surface area contributed by atoms with Gasteiger partial charge in [0.15, 0.2) is 5.78 Å². The second-order valence-corrected chi connectivity index (χ2v) is 8.21. The molecule has 0 saturated carbocycles. The fraction of sp³-hybridized carbons (Fsp3) is 0.179. The minimum Gasteiger partial charge on any atom is -0.489 e. The SMILES string of the molecule is COC(=O)c1cccc(CC2CC(=O)c3ccc(OCc4ccc5ccccc5n4)cc3O2)c1. The zero-order valence-electron chi connectivity index (χ0n) is 18.7. The predicted molar refractivity (Wildman–Crippen MR) is 127 cm³/mol. The number of aromatic nitrogens is 1. The van der Waals surface area contributed by atoms with Crippen molar-refractivity contribution in [2.75, 3.05) is 7.11 Å². The number of pyridine rings is 1. The van der Waals surface area contributed by atoms with E-state index in [1.807, 2.05) is 42.5 Å². The van der Waals surface area contributed by atoms with Crippen LogP contribution in [0.5, 0.6) is 11.5 Å². The van der Waals surface area contributed by atoms with Crippen molar-refractivity contribution >= 4 is 22.7 Å². The van der Waals surface area contributed by atoms with Crippen molar-refractivity contribution in [3.63, 3.8) is 0 Å². The molecule has 1 unspecified atom stereocenters. The number of fused-ring (bicyclic) bond motifs is 2. The van der Waals surface area contributed by atoms with Crippen molar-refractivity contribution < 1.29 is 23.8 Å². The number of carbonyl (C=O) groups excluding carboxylic acids is 2. The molecular weight excluding hydrogens is 430 g/mol. The van der Waals surface area contributed by atoms with Gasteiger partial charge in [-0.3, -0.25) is 4.79 Å². The molecule has 6 nitrogen and oxygen atoms in total. The van der Waals surface area contributed by atoms with Gasteiger partial charge in [0.2, 0.25) is 0 Å². The van der Waals surface area contributed by atoms with Gasteiger partial charge in [0.05, 0.1) is 29.4 Å². The van der Waals surface area contributed by atoms with Gasteiger partial charge >= 0.3 is 5.97 Å². The number of esters is 1. The molecule has 1 aromatic heterocycles. The minimum atomic E-state index is -0.393. The fourth-order valence-electron chi connectivity index (χ4n) is 4.12. The predicted octanol–water partition coefficient (Wildman–Crippen LogP) is 5.18. The number of hydrogen-bond donors (Lipinski definition) is 0. The first-order chi connectivity index (χ1) is 16.6. The lowest BCUT2D eigenvalue weighted by Crippen LogP contribution is -2.29. The number of ketones is 1. The third kappa shape index (κ3) is 4.62. The Labute approximate surface area is 197 Å². The molecule has 0 N–H and O–H groups in total. The van der Waals surface area contributed by atoms with Crippen LogP contribution in [0.4, 0.5) is 0 Å². The Bertz CT molecular complexity index is 1380. The summed E-state index contributed by atoms with van der Waals surface area (Å²) in [6.07, 6.45) is 0.448. The lowest BCUT2D eigenvalue weighted by atomic mass is 9.96. The molecule has 0 aliphatic carbocycles. The van der Waals surface area contributed by atoms with Crippen LogP contribution in [-0.4, -0.2) is 30.0 Å². The summed E-state index contributed by atoms with van der Waals surface area (Å²) in [5, 5.41) is 1.08. The zero-order valence-corrected chi connectivity index (χ0v) is 18.7. The first kappa shape index (κ1) is 21.6. The Morgan fingerprint density at radius 2 is 1.91 bits per heavy atom. The lowest BCUT2D eigenvalue weighted by Gasteiger charge is -2.26. The van der Waals surface area contributed by atoms with E-state index in [-0.39, 0.29) is 18.3 Å². The van der Waals surface area contributed by atoms with Gasteiger partial charge in [-0.2, -0.15) is 0 Å². The number of Topliss-reactive ketones (excluding diaryl/α,β-unsaturated/α-hetero) is 1. The van der Waals surface area contributed by atoms with Gasteiger partial charge in [0, 0.05) is 24.3 Å². The van der Waals surface area contributed by atoms with Crippen LogP contribution in [-0.2, 0) is 17.8 Å². The monoisotopic (exact) mass is 453 g/mol. The summed E-state index contributed by atoms with van der Waals surface area (Å²) in [5.41, 5.74) is 3.66. The maximum Gasteiger partial charge on any atom is 0.337 e. The molecular formula is C28H23NO5. The number of ether oxygens (including phenoxy) is 3. The Morgan fingerprint density at radius 3 is 2.79 bits per heavy atom. The van der Waals surface area contributed by atoms with Crippen LogP contribution < -0.4 is 9.47 Å². The van der Waals surface area contributed by atoms with Gasteiger partial charge < -0.3 is 14.2 Å². The van der Waals surface area contributed by atoms with Crippen molar-refractivity contribution in [3.8, 4) is 11.5 Å². The summed E-state index contributed by atoms with van der Waals surface area (Å²) in [7, 11) is 1.35. The molecule has 170 valence electrons. The Kier molecular flexibility index (Phi) is 5.95. The molecule has 5 rings (SSSR count). The number of benzene rings is 3. The van der Waals surface area contributed by atoms with Crippen LogP contribution in [0, 0.1) is 0 Å². The zero-order chi connectivity index (χ0) is 23.5. The number of methoxy groups -OCH3 is 1. The van der Waals surface area contributed by atoms with Crippen molar-refractivity contribution in [2.24, 2.45) is 0 Å². The van der Waals surface area contributed by atoms with Gasteiger partial charge in [-0.05, 0) is 42.0 Å². The third-order valence-electron chi connectivity index (χ3n) is 5.81. The highest BCUT2D eigenvalue weighted by Crippen LogP contribution is 2.33. The Balaban J connectivity index is 1.29. The van der Waals surface area contributed by atoms with Crippen LogP contribution >= 0.6 is 0 Å². The first-order valence-corrected chi connectivity index (χ1v) is 11.1. The fourth-order valence-corrected chi connectivity index (χ4v) is 4.12. The van der Waals surface area contributed by atoms with E-state index in [2.05, 4.69) is 4.98 Å². The molecule has 4 aromatic rings. The molecule has 2 heterocycles. The molecule has 1 atom stereocenters. The summed E-state index contributed by atoms with van der Waals surface area (Å²) >= 11 is 0. The number of nitrogens with zero attached hydrogens (tertiary/aromatic N) is 1. The molecule has 3 aromatic carbocycles. The second kappa shape index (κ2) is 9.35. The molecule has 0 spiro atoms. The van der Waals surface area contributed by atoms with Gasteiger partial charge in [-0.25, -0.2) is 9.78 Å². The smallest absolute Gasteiger partial charge is 0.337 e.